The van der Waals surface area contributed by atoms with Crippen molar-refractivity contribution in [2.24, 2.45) is 5.73 Å². The Kier molecular flexibility index (Phi) is 4.39. The fraction of sp³-hybridized carbons (Fsp3) is 0.375. The Balaban J connectivity index is 1.64. The van der Waals surface area contributed by atoms with Gasteiger partial charge in [-0.3, -0.25) is 4.79 Å². The molecule has 1 aromatic rings. The molecule has 1 amide bonds. The van der Waals surface area contributed by atoms with Gasteiger partial charge in [0.1, 0.15) is 11.8 Å². The molecule has 2 saturated heterocycles. The van der Waals surface area contributed by atoms with Crippen LogP contribution in [0.2, 0.25) is 0 Å². The number of allylic oxidation sites excluding steroid dienone is 1. The van der Waals surface area contributed by atoms with Crippen LogP contribution in [0.4, 0.5) is 5.69 Å². The number of carbonyl (C=O) groups is 1. The zero-order valence-electron chi connectivity index (χ0n) is 12.7. The molecule has 23 heavy (non-hydrogen) atoms. The number of nitrogens with two attached hydrogens (primary N) is 1. The largest absolute Gasteiger partial charge is 0.393 e. The number of benzene rings is 1. The van der Waals surface area contributed by atoms with E-state index in [0.29, 0.717) is 24.3 Å². The van der Waals surface area contributed by atoms with Crippen molar-refractivity contribution in [3.8, 4) is 0 Å². The Morgan fingerprint density at radius 1 is 1.48 bits per heavy atom. The van der Waals surface area contributed by atoms with Crippen LogP contribution in [-0.4, -0.2) is 30.3 Å². The third-order valence-electron chi connectivity index (χ3n) is 4.20. The summed E-state index contributed by atoms with van der Waals surface area (Å²) in [7, 11) is 0. The SMILES string of the molecule is CCC(=N)/C(Cl)=C(\N)C(=O)Nc1ccc([C@@H]2OC3CN[C@H]32)cc1. The maximum absolute atomic E-state index is 12.1. The maximum atomic E-state index is 12.1. The van der Waals surface area contributed by atoms with Crippen molar-refractivity contribution < 1.29 is 9.53 Å². The van der Waals surface area contributed by atoms with E-state index >= 15 is 0 Å². The van der Waals surface area contributed by atoms with Gasteiger partial charge in [0, 0.05) is 12.2 Å². The summed E-state index contributed by atoms with van der Waals surface area (Å²) < 4.78 is 5.74. The van der Waals surface area contributed by atoms with Gasteiger partial charge in [0.05, 0.1) is 22.9 Å². The summed E-state index contributed by atoms with van der Waals surface area (Å²) in [5.74, 6) is -0.512. The van der Waals surface area contributed by atoms with Crippen LogP contribution in [0.3, 0.4) is 0 Å². The van der Waals surface area contributed by atoms with Gasteiger partial charge in [0.15, 0.2) is 0 Å². The molecular formula is C16H19ClN4O2. The highest BCUT2D eigenvalue weighted by Crippen LogP contribution is 2.39. The van der Waals surface area contributed by atoms with E-state index in [1.807, 2.05) is 12.1 Å². The molecule has 2 heterocycles. The Morgan fingerprint density at radius 3 is 2.65 bits per heavy atom. The van der Waals surface area contributed by atoms with Crippen LogP contribution in [0, 0.1) is 5.41 Å². The maximum Gasteiger partial charge on any atom is 0.273 e. The minimum Gasteiger partial charge on any atom is -0.393 e. The molecule has 6 nitrogen and oxygen atoms in total. The van der Waals surface area contributed by atoms with Gasteiger partial charge in [0.25, 0.3) is 5.91 Å². The van der Waals surface area contributed by atoms with Crippen LogP contribution in [0.25, 0.3) is 0 Å². The van der Waals surface area contributed by atoms with Gasteiger partial charge in [0.2, 0.25) is 0 Å². The predicted octanol–water partition coefficient (Wildman–Crippen LogP) is 1.88. The van der Waals surface area contributed by atoms with E-state index < -0.39 is 5.91 Å². The van der Waals surface area contributed by atoms with E-state index in [0.717, 1.165) is 12.1 Å². The number of hydrogen-bond donors (Lipinski definition) is 4. The molecule has 1 unspecified atom stereocenters. The lowest BCUT2D eigenvalue weighted by Gasteiger charge is -2.53. The molecule has 1 aromatic carbocycles. The highest BCUT2D eigenvalue weighted by atomic mass is 35.5. The minimum atomic E-state index is -0.512. The third-order valence-corrected chi connectivity index (χ3v) is 4.63. The molecule has 3 atom stereocenters. The number of hydrogen-bond acceptors (Lipinski definition) is 5. The lowest BCUT2D eigenvalue weighted by molar-refractivity contribution is -0.203. The Morgan fingerprint density at radius 2 is 2.17 bits per heavy atom. The van der Waals surface area contributed by atoms with Gasteiger partial charge < -0.3 is 26.5 Å². The molecule has 0 bridgehead atoms. The number of amides is 1. The molecule has 122 valence electrons. The van der Waals surface area contributed by atoms with E-state index in [9.17, 15) is 4.79 Å². The molecule has 0 saturated carbocycles. The second kappa shape index (κ2) is 6.31. The van der Waals surface area contributed by atoms with Gasteiger partial charge in [-0.05, 0) is 24.1 Å². The van der Waals surface area contributed by atoms with Gasteiger partial charge in [-0.2, -0.15) is 0 Å². The van der Waals surface area contributed by atoms with E-state index in [2.05, 4.69) is 10.6 Å². The zero-order valence-corrected chi connectivity index (χ0v) is 13.5. The molecule has 0 aliphatic carbocycles. The number of carbonyl (C=O) groups excluding carboxylic acids is 1. The fourth-order valence-electron chi connectivity index (χ4n) is 2.63. The van der Waals surface area contributed by atoms with Crippen LogP contribution in [0.1, 0.15) is 25.0 Å². The molecule has 0 spiro atoms. The number of rotatable bonds is 5. The summed E-state index contributed by atoms with van der Waals surface area (Å²) in [4.78, 5) is 12.1. The van der Waals surface area contributed by atoms with Crippen molar-refractivity contribution >= 4 is 28.9 Å². The van der Waals surface area contributed by atoms with Gasteiger partial charge in [-0.25, -0.2) is 0 Å². The number of ether oxygens (including phenoxy) is 1. The first-order chi connectivity index (χ1) is 11.0. The quantitative estimate of drug-likeness (QED) is 0.488. The van der Waals surface area contributed by atoms with Crippen molar-refractivity contribution in [3.63, 3.8) is 0 Å². The third kappa shape index (κ3) is 2.97. The van der Waals surface area contributed by atoms with Crippen LogP contribution >= 0.6 is 11.6 Å². The van der Waals surface area contributed by atoms with Crippen molar-refractivity contribution in [1.29, 1.82) is 5.41 Å². The number of nitrogens with one attached hydrogen (secondary N) is 3. The first-order valence-corrected chi connectivity index (χ1v) is 7.92. The highest BCUT2D eigenvalue weighted by molar-refractivity contribution is 6.45. The molecule has 3 rings (SSSR count). The Bertz CT molecular complexity index is 671. The van der Waals surface area contributed by atoms with Gasteiger partial charge in [-0.1, -0.05) is 30.7 Å². The normalized spacial score (nSPS) is 26.3. The summed E-state index contributed by atoms with van der Waals surface area (Å²) in [6, 6.07) is 7.86. The van der Waals surface area contributed by atoms with Crippen LogP contribution in [0.5, 0.6) is 0 Å². The molecule has 5 N–H and O–H groups in total. The molecule has 2 aliphatic heterocycles. The van der Waals surface area contributed by atoms with Crippen molar-refractivity contribution in [3.05, 3.63) is 40.6 Å². The summed E-state index contributed by atoms with van der Waals surface area (Å²) in [6.07, 6.45) is 0.849. The van der Waals surface area contributed by atoms with E-state index in [4.69, 9.17) is 27.5 Å². The Hall–Kier alpha value is -1.89. The standard InChI is InChI=1S/C16H19ClN4O2/c1-2-10(18)12(17)13(19)16(22)21-9-5-3-8(4-6-9)15-14-11(23-15)7-20-14/h3-6,11,14-15,18,20H,2,7,19H2,1H3,(H,21,22)/b13-12+,18-10?/t11?,14-,15+/m1/s1. The molecule has 0 radical (unpaired) electrons. The van der Waals surface area contributed by atoms with E-state index in [-0.39, 0.29) is 22.5 Å². The molecule has 2 aliphatic rings. The van der Waals surface area contributed by atoms with Crippen LogP contribution < -0.4 is 16.4 Å². The second-order valence-corrected chi connectivity index (χ2v) is 6.04. The van der Waals surface area contributed by atoms with Crippen LogP contribution in [-0.2, 0) is 9.53 Å². The van der Waals surface area contributed by atoms with E-state index in [1.54, 1.807) is 19.1 Å². The van der Waals surface area contributed by atoms with Crippen molar-refractivity contribution in [1.82, 2.24) is 5.32 Å². The van der Waals surface area contributed by atoms with Gasteiger partial charge >= 0.3 is 0 Å². The zero-order chi connectivity index (χ0) is 16.6. The second-order valence-electron chi connectivity index (χ2n) is 5.67. The summed E-state index contributed by atoms with van der Waals surface area (Å²) in [5, 5.41) is 13.6. The molecule has 2 fully saturated rings. The highest BCUT2D eigenvalue weighted by Gasteiger charge is 2.49. The lowest BCUT2D eigenvalue weighted by Crippen LogP contribution is -2.69. The molecule has 0 aromatic heterocycles. The topological polar surface area (TPSA) is 100 Å². The fourth-order valence-corrected chi connectivity index (χ4v) is 2.85. The predicted molar refractivity (Wildman–Crippen MR) is 89.6 cm³/mol. The number of morpholine rings is 1. The molecular weight excluding hydrogens is 316 g/mol. The average Bonchev–Trinajstić information content (AvgIpc) is 2.55. The van der Waals surface area contributed by atoms with Crippen LogP contribution in [0.15, 0.2) is 35.0 Å². The minimum absolute atomic E-state index is 0.00779. The first kappa shape index (κ1) is 16.0. The van der Waals surface area contributed by atoms with Crippen molar-refractivity contribution in [2.75, 3.05) is 11.9 Å². The summed E-state index contributed by atoms with van der Waals surface area (Å²) >= 11 is 5.92. The number of fused-ring (bicyclic) bond motifs is 1. The van der Waals surface area contributed by atoms with E-state index in [1.165, 1.54) is 0 Å². The van der Waals surface area contributed by atoms with Gasteiger partial charge in [-0.15, -0.1) is 0 Å². The summed E-state index contributed by atoms with van der Waals surface area (Å²) in [6.45, 7) is 2.70. The smallest absolute Gasteiger partial charge is 0.273 e. The number of halogens is 1. The Labute approximate surface area is 139 Å². The first-order valence-electron chi connectivity index (χ1n) is 7.54. The average molecular weight is 335 g/mol. The monoisotopic (exact) mass is 334 g/mol. The van der Waals surface area contributed by atoms with Crippen molar-refractivity contribution in [2.45, 2.75) is 31.6 Å². The summed E-state index contributed by atoms with van der Waals surface area (Å²) in [5.41, 5.74) is 7.38. The number of anilines is 1. The lowest BCUT2D eigenvalue weighted by atomic mass is 9.86. The molecule has 7 heteroatoms.